The van der Waals surface area contributed by atoms with E-state index in [-0.39, 0.29) is 30.3 Å². The number of carbonyl (C=O) groups excluding carboxylic acids is 3. The fraction of sp³-hybridized carbons (Fsp3) is 0.333. The highest BCUT2D eigenvalue weighted by Crippen LogP contribution is 2.42. The van der Waals surface area contributed by atoms with Gasteiger partial charge in [-0.15, -0.1) is 0 Å². The van der Waals surface area contributed by atoms with Gasteiger partial charge in [0.25, 0.3) is 5.91 Å². The molecular formula is C30H37N7O3. The molecule has 0 saturated heterocycles. The lowest BCUT2D eigenvalue weighted by atomic mass is 10.00. The number of aryl methyl sites for hydroxylation is 1. The maximum absolute atomic E-state index is 13.8. The number of anilines is 2. The Morgan fingerprint density at radius 2 is 1.80 bits per heavy atom. The molecule has 40 heavy (non-hydrogen) atoms. The summed E-state index contributed by atoms with van der Waals surface area (Å²) in [5, 5.41) is 13.0. The number of fused-ring (bicyclic) bond motifs is 1. The maximum atomic E-state index is 13.8. The van der Waals surface area contributed by atoms with Crippen LogP contribution >= 0.6 is 0 Å². The number of nitrogens with zero attached hydrogens (tertiary/aromatic N) is 4. The Hall–Kier alpha value is -4.44. The zero-order valence-electron chi connectivity index (χ0n) is 25.5. The standard InChI is InChI=1S/C30H37N7O3/c1-7-25(38)31-22-16-14-21(15-17-22)28(39)33-27-23-18-36(30(3,4)26(23)37(8-2)34-27)29(40)32-24(19-35(5)6)20-12-10-9-11-13-20/h7,9-17,24H,1,8,18-19H2,2-6H3,(H,31,38)(H,32,40)(H,33,34,39)/t24-/m1/s1/i8D2. The SMILES string of the molecule is [2H]C([2H])(C)n1nc(NC(=O)c2ccc(NC(=O)C=C)cc2)c2c1C(C)(C)N(C(=O)N[C@H](CN(C)C)c1ccccc1)C2. The first-order valence-corrected chi connectivity index (χ1v) is 13.0. The zero-order chi connectivity index (χ0) is 30.8. The van der Waals surface area contributed by atoms with Crippen LogP contribution in [-0.2, 0) is 23.4 Å². The van der Waals surface area contributed by atoms with Crippen LogP contribution < -0.4 is 16.0 Å². The van der Waals surface area contributed by atoms with Crippen LogP contribution in [0.5, 0.6) is 0 Å². The van der Waals surface area contributed by atoms with Crippen LogP contribution in [0.2, 0.25) is 0 Å². The Kier molecular flexibility index (Phi) is 7.58. The van der Waals surface area contributed by atoms with Gasteiger partial charge in [-0.05, 0) is 70.8 Å². The molecule has 0 spiro atoms. The van der Waals surface area contributed by atoms with E-state index in [4.69, 9.17) is 2.74 Å². The fourth-order valence-electron chi connectivity index (χ4n) is 4.89. The second-order valence-corrected chi connectivity index (χ2v) is 10.4. The van der Waals surface area contributed by atoms with E-state index >= 15 is 0 Å². The number of hydrogen-bond donors (Lipinski definition) is 3. The Labute approximate surface area is 237 Å². The molecule has 0 fully saturated rings. The van der Waals surface area contributed by atoms with Crippen molar-refractivity contribution < 1.29 is 17.1 Å². The first kappa shape index (κ1) is 25.8. The van der Waals surface area contributed by atoms with Crippen molar-refractivity contribution in [3.05, 3.63) is 89.6 Å². The second-order valence-electron chi connectivity index (χ2n) is 10.4. The average molecular weight is 546 g/mol. The van der Waals surface area contributed by atoms with Crippen LogP contribution in [-0.4, -0.2) is 58.1 Å². The van der Waals surface area contributed by atoms with Crippen LogP contribution in [0, 0.1) is 0 Å². The van der Waals surface area contributed by atoms with Crippen LogP contribution in [0.3, 0.4) is 0 Å². The minimum absolute atomic E-state index is 0.121. The van der Waals surface area contributed by atoms with Crippen molar-refractivity contribution >= 4 is 29.4 Å². The number of rotatable bonds is 9. The molecule has 3 aromatic rings. The molecule has 210 valence electrons. The summed E-state index contributed by atoms with van der Waals surface area (Å²) in [6.07, 6.45) is 1.15. The van der Waals surface area contributed by atoms with Crippen molar-refractivity contribution in [2.45, 2.75) is 45.4 Å². The lowest BCUT2D eigenvalue weighted by molar-refractivity contribution is -0.111. The van der Waals surface area contributed by atoms with Gasteiger partial charge in [0.15, 0.2) is 5.82 Å². The van der Waals surface area contributed by atoms with E-state index in [2.05, 4.69) is 27.6 Å². The van der Waals surface area contributed by atoms with E-state index in [0.29, 0.717) is 29.1 Å². The number of nitrogens with one attached hydrogen (secondary N) is 3. The number of hydrogen-bond acceptors (Lipinski definition) is 5. The number of likely N-dealkylation sites (N-methyl/N-ethyl adjacent to an activating group) is 1. The molecule has 4 rings (SSSR count). The summed E-state index contributed by atoms with van der Waals surface area (Å²) in [4.78, 5) is 42.2. The van der Waals surface area contributed by atoms with E-state index in [9.17, 15) is 14.4 Å². The summed E-state index contributed by atoms with van der Waals surface area (Å²) in [6.45, 7) is 7.28. The fourth-order valence-corrected chi connectivity index (χ4v) is 4.89. The van der Waals surface area contributed by atoms with Crippen molar-refractivity contribution in [3.8, 4) is 0 Å². The summed E-state index contributed by atoms with van der Waals surface area (Å²) < 4.78 is 18.1. The summed E-state index contributed by atoms with van der Waals surface area (Å²) >= 11 is 0. The molecule has 0 unspecified atom stereocenters. The molecule has 0 radical (unpaired) electrons. The molecule has 1 aliphatic heterocycles. The van der Waals surface area contributed by atoms with Crippen molar-refractivity contribution in [1.82, 2.24) is 24.9 Å². The third-order valence-electron chi connectivity index (χ3n) is 6.89. The highest BCUT2D eigenvalue weighted by molar-refractivity contribution is 6.05. The number of carbonyl (C=O) groups is 3. The minimum Gasteiger partial charge on any atom is -0.330 e. The predicted octanol–water partition coefficient (Wildman–Crippen LogP) is 4.34. The number of aromatic nitrogens is 2. The van der Waals surface area contributed by atoms with Gasteiger partial charge in [-0.25, -0.2) is 4.79 Å². The van der Waals surface area contributed by atoms with Gasteiger partial charge < -0.3 is 25.8 Å². The van der Waals surface area contributed by atoms with Gasteiger partial charge >= 0.3 is 6.03 Å². The first-order valence-electron chi connectivity index (χ1n) is 14.0. The molecule has 1 aliphatic rings. The number of amides is 4. The van der Waals surface area contributed by atoms with Crippen molar-refractivity contribution in [2.24, 2.45) is 0 Å². The molecule has 4 amide bonds. The van der Waals surface area contributed by atoms with Crippen LogP contribution in [0.1, 0.15) is 56.7 Å². The van der Waals surface area contributed by atoms with Crippen molar-refractivity contribution in [3.63, 3.8) is 0 Å². The quantitative estimate of drug-likeness (QED) is 0.346. The van der Waals surface area contributed by atoms with E-state index in [1.807, 2.05) is 63.2 Å². The molecule has 2 heterocycles. The summed E-state index contributed by atoms with van der Waals surface area (Å²) in [5.41, 5.74) is 1.92. The molecular weight excluding hydrogens is 506 g/mol. The third kappa shape index (κ3) is 5.91. The lowest BCUT2D eigenvalue weighted by Crippen LogP contribution is -2.49. The molecule has 2 aromatic carbocycles. The van der Waals surface area contributed by atoms with Crippen LogP contribution in [0.15, 0.2) is 67.3 Å². The summed E-state index contributed by atoms with van der Waals surface area (Å²) in [7, 11) is 3.88. The first-order chi connectivity index (χ1) is 19.7. The van der Waals surface area contributed by atoms with Gasteiger partial charge in [-0.2, -0.15) is 5.10 Å². The smallest absolute Gasteiger partial charge is 0.319 e. The monoisotopic (exact) mass is 545 g/mol. The number of urea groups is 1. The highest BCUT2D eigenvalue weighted by Gasteiger charge is 2.45. The Balaban J connectivity index is 1.62. The summed E-state index contributed by atoms with van der Waals surface area (Å²) in [6, 6.07) is 15.4. The third-order valence-corrected chi connectivity index (χ3v) is 6.89. The predicted molar refractivity (Wildman–Crippen MR) is 156 cm³/mol. The molecule has 1 atom stereocenters. The van der Waals surface area contributed by atoms with Crippen molar-refractivity contribution in [1.29, 1.82) is 0 Å². The number of benzene rings is 2. The van der Waals surface area contributed by atoms with Gasteiger partial charge in [-0.1, -0.05) is 36.9 Å². The van der Waals surface area contributed by atoms with E-state index < -0.39 is 17.9 Å². The van der Waals surface area contributed by atoms with E-state index in [1.54, 1.807) is 29.2 Å². The van der Waals surface area contributed by atoms with Crippen LogP contribution in [0.25, 0.3) is 0 Å². The van der Waals surface area contributed by atoms with Crippen molar-refractivity contribution in [2.75, 3.05) is 31.3 Å². The normalized spacial score (nSPS) is 15.5. The van der Waals surface area contributed by atoms with Gasteiger partial charge in [0.1, 0.15) is 0 Å². The molecule has 0 aliphatic carbocycles. The average Bonchev–Trinajstić information content (AvgIpc) is 3.43. The topological polar surface area (TPSA) is 112 Å². The van der Waals surface area contributed by atoms with Gasteiger partial charge in [0.2, 0.25) is 5.91 Å². The highest BCUT2D eigenvalue weighted by atomic mass is 16.2. The Morgan fingerprint density at radius 1 is 1.12 bits per heavy atom. The summed E-state index contributed by atoms with van der Waals surface area (Å²) in [5.74, 6) is -0.646. The molecule has 10 nitrogen and oxygen atoms in total. The Morgan fingerprint density at radius 3 is 2.40 bits per heavy atom. The minimum atomic E-state index is -1.90. The lowest BCUT2D eigenvalue weighted by Gasteiger charge is -2.35. The molecule has 0 bridgehead atoms. The van der Waals surface area contributed by atoms with Crippen LogP contribution in [0.4, 0.5) is 16.3 Å². The zero-order valence-corrected chi connectivity index (χ0v) is 23.5. The largest absolute Gasteiger partial charge is 0.330 e. The van der Waals surface area contributed by atoms with Gasteiger partial charge in [0.05, 0.1) is 26.6 Å². The van der Waals surface area contributed by atoms with E-state index in [1.165, 1.54) is 11.6 Å². The molecule has 1 aromatic heterocycles. The van der Waals surface area contributed by atoms with Gasteiger partial charge in [0, 0.05) is 29.9 Å². The molecule has 0 saturated carbocycles. The Bertz CT molecular complexity index is 1480. The second kappa shape index (κ2) is 11.7. The van der Waals surface area contributed by atoms with E-state index in [0.717, 1.165) is 11.6 Å². The molecule has 3 N–H and O–H groups in total. The maximum Gasteiger partial charge on any atom is 0.319 e. The molecule has 10 heteroatoms. The van der Waals surface area contributed by atoms with Gasteiger partial charge in [-0.3, -0.25) is 14.3 Å².